The lowest BCUT2D eigenvalue weighted by Gasteiger charge is -2.22. The van der Waals surface area contributed by atoms with Crippen molar-refractivity contribution in [1.29, 1.82) is 0 Å². The molecule has 4 unspecified atom stereocenters. The Labute approximate surface area is 625 Å². The zero-order valence-corrected chi connectivity index (χ0v) is 62.1. The highest BCUT2D eigenvalue weighted by molar-refractivity contribution is 7.88. The molecule has 9 aliphatic carbocycles. The van der Waals surface area contributed by atoms with Crippen molar-refractivity contribution >= 4 is 21.8 Å². The number of allylic oxidation sites excluding steroid dienone is 14. The molecule has 18 nitrogen and oxygen atoms in total. The van der Waals surface area contributed by atoms with Gasteiger partial charge in [0.15, 0.2) is 5.78 Å². The monoisotopic (exact) mass is 1480 g/mol. The van der Waals surface area contributed by atoms with Crippen LogP contribution in [0.15, 0.2) is 235 Å². The second-order valence-electron chi connectivity index (χ2n) is 27.3. The van der Waals surface area contributed by atoms with Crippen LogP contribution in [0.25, 0.3) is 0 Å². The summed E-state index contributed by atoms with van der Waals surface area (Å²) in [5.74, 6) is 5.53. The molecule has 0 spiro atoms. The zero-order valence-electron chi connectivity index (χ0n) is 61.3. The third-order valence-corrected chi connectivity index (χ3v) is 21.0. The first-order valence-corrected chi connectivity index (χ1v) is 37.8. The quantitative estimate of drug-likeness (QED) is 0.0284. The summed E-state index contributed by atoms with van der Waals surface area (Å²) in [6.45, 7) is 0. The van der Waals surface area contributed by atoms with Gasteiger partial charge in [0.05, 0.1) is 34.0 Å². The van der Waals surface area contributed by atoms with Crippen LogP contribution >= 0.6 is 0 Å². The number of nitrogens with one attached hydrogen (secondary N) is 1. The number of aliphatic hydroxyl groups is 2. The van der Waals surface area contributed by atoms with E-state index in [4.69, 9.17) is 19.0 Å². The highest BCUT2D eigenvalue weighted by Crippen LogP contribution is 2.48. The number of ether oxygens (including phenoxy) is 3. The third kappa shape index (κ3) is 23.4. The molecule has 3 N–H and O–H groups in total. The Morgan fingerprint density at radius 2 is 1.03 bits per heavy atom. The fourth-order valence-corrected chi connectivity index (χ4v) is 14.7. The Bertz CT molecular complexity index is 4400. The van der Waals surface area contributed by atoms with Crippen LogP contribution in [0, 0.1) is 41.4 Å². The van der Waals surface area contributed by atoms with Crippen molar-refractivity contribution in [2.75, 3.05) is 35.5 Å². The number of aromatic nitrogens is 5. The van der Waals surface area contributed by atoms with E-state index in [-0.39, 0.29) is 58.4 Å². The fourth-order valence-electron chi connectivity index (χ4n) is 14.3. The highest BCUT2D eigenvalue weighted by atomic mass is 32.2. The maximum atomic E-state index is 12.3. The standard InChI is InChI=1S/C12H12F3NO3S.C12H13NO2.C12H15NO.C12H12O2.C12H12.C11H13NO.C8H13NO2.C6H7NO/c13-12(14,15)20(17,18)19-11-10(6-3-7-16-11)8-9-4-1-2-5-9;1-15-12-10(7-4-8-13-12)11(14)9-5-2-3-6-9;1-14-12-11(7-4-8-13-12)9-10-5-2-3-6-10;13-11-8-5-7-3-1-2-4-9(7)10(6-8)12(11)14;1-2-4-12-10(3-1)7-9-5-6-11(12)8-9;13-11-10(6-3-7-12-11)8-9-4-1-2-5-9;1-9(11-2)8(10)7-5-3-4-6-7;1-8-6-4-2-3-5-7-6/h1-3,6-7,9H,4-5,8H2;2-4,7-9H,5-6H2,1H3;2-4,7-8,10H,5-6,9H2,1H3;1-4,8,10,13-14H,5-6H2;1-6,9,11H,7-8H2;1-3,6-7,9H,4-5,8H2,(H,12,13);3-4,7H,5-6H2,1-2H3;2-5H,1H3. The Kier molecular flexibility index (Phi) is 30.6. The molecule has 0 saturated carbocycles. The van der Waals surface area contributed by atoms with Crippen molar-refractivity contribution in [2.24, 2.45) is 41.4 Å². The molecule has 4 bridgehead atoms. The molecule has 0 saturated heterocycles. The number of hydroxylamine groups is 2. The lowest BCUT2D eigenvalue weighted by atomic mass is 9.81. The Morgan fingerprint density at radius 3 is 1.57 bits per heavy atom. The number of hydrogen-bond donors (Lipinski definition) is 3. The van der Waals surface area contributed by atoms with E-state index in [1.807, 2.05) is 85.0 Å². The molecule has 4 atom stereocenters. The zero-order chi connectivity index (χ0) is 76.1. The summed E-state index contributed by atoms with van der Waals surface area (Å²) in [5.41, 5.74) is 3.29. The number of carbonyl (C=O) groups excluding carboxylic acids is 2. The number of ketones is 1. The van der Waals surface area contributed by atoms with Crippen LogP contribution in [0.3, 0.4) is 0 Å². The molecular formula is C85H97F3N6O12S. The lowest BCUT2D eigenvalue weighted by molar-refractivity contribution is -0.173. The molecule has 22 heteroatoms. The Hall–Kier alpha value is -10.2. The summed E-state index contributed by atoms with van der Waals surface area (Å²) in [4.78, 5) is 57.9. The molecule has 9 aliphatic rings. The number of aliphatic hydroxyl groups excluding tert-OH is 2. The SMILES string of the molecule is C1=CC2CC1Cc1ccccc12.CON(C)C(=O)C1CC=CC1.COc1ccccn1.COc1ncccc1C(=O)C1CC=CC1.COc1ncccc1CC1CC=CC1.O=S(=O)(Oc1ncccc1CC1CC=CC1)C(F)(F)F.O=c1[nH]cccc1CC1CC=CC1.OC1=C(O)C2CC1Cc1ccccc12. The molecule has 566 valence electrons. The van der Waals surface area contributed by atoms with Gasteiger partial charge in [-0.2, -0.15) is 21.6 Å². The predicted octanol–water partition coefficient (Wildman–Crippen LogP) is 17.2. The minimum atomic E-state index is -5.69. The van der Waals surface area contributed by atoms with E-state index in [0.29, 0.717) is 35.2 Å². The number of nitrogens with zero attached hydrogens (tertiary/aromatic N) is 5. The van der Waals surface area contributed by atoms with Gasteiger partial charge in [-0.25, -0.2) is 25.0 Å². The number of pyridine rings is 5. The third-order valence-electron chi connectivity index (χ3n) is 20.0. The van der Waals surface area contributed by atoms with E-state index >= 15 is 0 Å². The molecule has 5 heterocycles. The maximum absolute atomic E-state index is 12.3. The minimum Gasteiger partial charge on any atom is -0.508 e. The number of carbonyl (C=O) groups is 2. The second-order valence-corrected chi connectivity index (χ2v) is 28.9. The van der Waals surface area contributed by atoms with E-state index in [9.17, 15) is 46.2 Å². The van der Waals surface area contributed by atoms with Crippen LogP contribution in [0.1, 0.15) is 138 Å². The molecule has 0 fully saturated rings. The van der Waals surface area contributed by atoms with E-state index in [1.54, 1.807) is 75.4 Å². The number of benzene rings is 2. The van der Waals surface area contributed by atoms with Crippen LogP contribution in [-0.2, 0) is 51.9 Å². The smallest absolute Gasteiger partial charge is 0.508 e. The number of aromatic amines is 1. The first-order valence-electron chi connectivity index (χ1n) is 36.4. The number of H-pyrrole nitrogens is 1. The van der Waals surface area contributed by atoms with Gasteiger partial charge >= 0.3 is 15.6 Å². The molecule has 7 aromatic rings. The summed E-state index contributed by atoms with van der Waals surface area (Å²) in [6.07, 6.45) is 50.1. The molecule has 107 heavy (non-hydrogen) atoms. The van der Waals surface area contributed by atoms with Gasteiger partial charge in [-0.3, -0.25) is 19.2 Å². The van der Waals surface area contributed by atoms with E-state index < -0.39 is 21.5 Å². The molecular weight excluding hydrogens is 1390 g/mol. The predicted molar refractivity (Wildman–Crippen MR) is 407 cm³/mol. The van der Waals surface area contributed by atoms with E-state index in [1.165, 1.54) is 80.0 Å². The van der Waals surface area contributed by atoms with Crippen LogP contribution in [0.4, 0.5) is 13.2 Å². The van der Waals surface area contributed by atoms with Gasteiger partial charge in [-0.05, 0) is 191 Å². The average molecular weight is 1480 g/mol. The van der Waals surface area contributed by atoms with Crippen molar-refractivity contribution in [2.45, 2.75) is 126 Å². The van der Waals surface area contributed by atoms with Gasteiger partial charge in [-0.15, -0.1) is 0 Å². The number of rotatable bonds is 15. The second kappa shape index (κ2) is 40.5. The van der Waals surface area contributed by atoms with Crippen molar-refractivity contribution in [3.8, 4) is 23.5 Å². The number of halogens is 3. The van der Waals surface area contributed by atoms with Gasteiger partial charge in [0.25, 0.3) is 5.56 Å². The van der Waals surface area contributed by atoms with Gasteiger partial charge in [0, 0.05) is 90.4 Å². The molecule has 0 aliphatic heterocycles. The van der Waals surface area contributed by atoms with Crippen molar-refractivity contribution in [1.82, 2.24) is 30.0 Å². The van der Waals surface area contributed by atoms with Gasteiger partial charge in [0.1, 0.15) is 11.5 Å². The number of hydrogen-bond acceptors (Lipinski definition) is 16. The fraction of sp³-hybridized carbons (Fsp3) is 0.376. The number of Topliss-reactive ketones (excluding diaryl/α,β-unsaturated/α-hetero) is 1. The van der Waals surface area contributed by atoms with Crippen molar-refractivity contribution in [3.63, 3.8) is 0 Å². The molecule has 2 aromatic carbocycles. The van der Waals surface area contributed by atoms with Crippen LogP contribution < -0.4 is 24.0 Å². The van der Waals surface area contributed by atoms with Crippen molar-refractivity contribution in [3.05, 3.63) is 286 Å². The van der Waals surface area contributed by atoms with Gasteiger partial charge < -0.3 is 33.6 Å². The molecule has 16 rings (SSSR count). The number of alkyl halides is 3. The van der Waals surface area contributed by atoms with Gasteiger partial charge in [0.2, 0.25) is 29.4 Å². The summed E-state index contributed by atoms with van der Waals surface area (Å²) in [7, 11) is 2.27. The number of amides is 1. The summed E-state index contributed by atoms with van der Waals surface area (Å²) in [6, 6.07) is 37.0. The minimum absolute atomic E-state index is 0.0462. The summed E-state index contributed by atoms with van der Waals surface area (Å²) >= 11 is 0. The summed E-state index contributed by atoms with van der Waals surface area (Å²) < 4.78 is 78.2. The van der Waals surface area contributed by atoms with Crippen molar-refractivity contribution < 1.29 is 64.6 Å². The number of methoxy groups -OCH3 is 3. The first-order chi connectivity index (χ1) is 51.8. The Balaban J connectivity index is 0.000000143. The van der Waals surface area contributed by atoms with Crippen LogP contribution in [-0.4, -0.2) is 101 Å². The van der Waals surface area contributed by atoms with E-state index in [0.717, 1.165) is 106 Å². The average Bonchev–Trinajstić information content (AvgIpc) is 1.61. The molecule has 0 radical (unpaired) electrons. The largest absolute Gasteiger partial charge is 0.534 e. The Morgan fingerprint density at radius 1 is 0.533 bits per heavy atom. The van der Waals surface area contributed by atoms with Gasteiger partial charge in [-0.1, -0.05) is 146 Å². The molecule has 5 aromatic heterocycles. The topological polar surface area (TPSA) is 243 Å². The lowest BCUT2D eigenvalue weighted by Crippen LogP contribution is -2.30. The maximum Gasteiger partial charge on any atom is 0.534 e. The summed E-state index contributed by atoms with van der Waals surface area (Å²) in [5, 5.41) is 20.7. The normalized spacial score (nSPS) is 19.0. The van der Waals surface area contributed by atoms with Crippen LogP contribution in [0.5, 0.6) is 23.5 Å². The molecule has 1 amide bonds. The highest BCUT2D eigenvalue weighted by Gasteiger charge is 2.49. The van der Waals surface area contributed by atoms with E-state index in [2.05, 4.69) is 102 Å². The first kappa shape index (κ1) is 80.9. The number of fused-ring (bicyclic) bond motifs is 8. The van der Waals surface area contributed by atoms with Crippen LogP contribution in [0.2, 0.25) is 0 Å².